The number of aromatic nitrogens is 1. The Morgan fingerprint density at radius 1 is 1.04 bits per heavy atom. The molecular weight excluding hydrogens is 354 g/mol. The first-order valence-electron chi connectivity index (χ1n) is 9.86. The average Bonchev–Trinajstić information content (AvgIpc) is 3.09. The number of rotatable bonds is 4. The van der Waals surface area contributed by atoms with E-state index in [1.807, 2.05) is 48.2 Å². The third kappa shape index (κ3) is 3.78. The first-order chi connectivity index (χ1) is 13.6. The summed E-state index contributed by atoms with van der Waals surface area (Å²) < 4.78 is 6.13. The lowest BCUT2D eigenvalue weighted by atomic mass is 10.1. The molecule has 2 aromatic rings. The summed E-state index contributed by atoms with van der Waals surface area (Å²) >= 11 is 0. The fourth-order valence-electron chi connectivity index (χ4n) is 3.95. The molecule has 0 radical (unpaired) electrons. The highest BCUT2D eigenvalue weighted by molar-refractivity contribution is 5.98. The highest BCUT2D eigenvalue weighted by Gasteiger charge is 2.36. The van der Waals surface area contributed by atoms with Crippen molar-refractivity contribution >= 4 is 17.5 Å². The zero-order valence-electron chi connectivity index (χ0n) is 16.1. The van der Waals surface area contributed by atoms with Crippen molar-refractivity contribution in [3.63, 3.8) is 0 Å². The van der Waals surface area contributed by atoms with Gasteiger partial charge in [-0.3, -0.25) is 14.6 Å². The number of carbonyl (C=O) groups is 2. The van der Waals surface area contributed by atoms with E-state index in [4.69, 9.17) is 4.74 Å². The molecule has 2 saturated heterocycles. The highest BCUT2D eigenvalue weighted by atomic mass is 16.5. The monoisotopic (exact) mass is 379 g/mol. The first kappa shape index (κ1) is 18.6. The van der Waals surface area contributed by atoms with Crippen LogP contribution in [-0.2, 0) is 9.53 Å². The van der Waals surface area contributed by atoms with Gasteiger partial charge >= 0.3 is 0 Å². The Hall–Kier alpha value is -2.73. The maximum atomic E-state index is 12.7. The molecule has 0 bridgehead atoms. The number of carbonyl (C=O) groups excluding carboxylic acids is 2. The Morgan fingerprint density at radius 2 is 1.79 bits per heavy atom. The van der Waals surface area contributed by atoms with Crippen LogP contribution in [0.5, 0.6) is 0 Å². The van der Waals surface area contributed by atoms with Crippen molar-refractivity contribution in [3.8, 4) is 0 Å². The predicted octanol–water partition coefficient (Wildman–Crippen LogP) is 2.82. The third-order valence-corrected chi connectivity index (χ3v) is 5.55. The number of ether oxygens (including phenoxy) is 1. The predicted molar refractivity (Wildman–Crippen MR) is 106 cm³/mol. The summed E-state index contributed by atoms with van der Waals surface area (Å²) in [7, 11) is 0. The molecule has 1 unspecified atom stereocenters. The lowest BCUT2D eigenvalue weighted by molar-refractivity contribution is -0.132. The number of para-hydroxylation sites is 1. The summed E-state index contributed by atoms with van der Waals surface area (Å²) in [6, 6.07) is 13.3. The smallest absolute Gasteiger partial charge is 0.256 e. The van der Waals surface area contributed by atoms with Crippen LogP contribution in [0.15, 0.2) is 48.7 Å². The minimum Gasteiger partial charge on any atom is -0.365 e. The number of anilines is 1. The van der Waals surface area contributed by atoms with E-state index in [0.29, 0.717) is 31.6 Å². The van der Waals surface area contributed by atoms with Crippen molar-refractivity contribution < 1.29 is 14.3 Å². The van der Waals surface area contributed by atoms with Crippen LogP contribution in [0, 0.1) is 6.92 Å². The molecule has 1 aromatic carbocycles. The van der Waals surface area contributed by atoms with Gasteiger partial charge < -0.3 is 14.5 Å². The lowest BCUT2D eigenvalue weighted by Crippen LogP contribution is -2.43. The molecule has 0 spiro atoms. The fraction of sp³-hybridized carbons (Fsp3) is 0.409. The summed E-state index contributed by atoms with van der Waals surface area (Å²) in [5, 5.41) is 0. The Morgan fingerprint density at radius 3 is 2.50 bits per heavy atom. The van der Waals surface area contributed by atoms with Crippen molar-refractivity contribution in [2.75, 3.05) is 24.5 Å². The van der Waals surface area contributed by atoms with Crippen LogP contribution < -0.4 is 4.90 Å². The molecular formula is C22H25N3O3. The molecule has 1 aromatic heterocycles. The molecule has 0 aliphatic carbocycles. The number of hydrogen-bond acceptors (Lipinski definition) is 4. The molecule has 4 rings (SSSR count). The van der Waals surface area contributed by atoms with Gasteiger partial charge in [-0.2, -0.15) is 0 Å². The molecule has 6 nitrogen and oxygen atoms in total. The van der Waals surface area contributed by atoms with Crippen LogP contribution >= 0.6 is 0 Å². The number of likely N-dealkylation sites (tertiary alicyclic amines) is 1. The Kier molecular flexibility index (Phi) is 5.39. The van der Waals surface area contributed by atoms with E-state index in [1.165, 1.54) is 0 Å². The van der Waals surface area contributed by atoms with Gasteiger partial charge in [0.25, 0.3) is 11.8 Å². The third-order valence-electron chi connectivity index (χ3n) is 5.55. The van der Waals surface area contributed by atoms with Gasteiger partial charge in [0.2, 0.25) is 0 Å². The fourth-order valence-corrected chi connectivity index (χ4v) is 3.95. The van der Waals surface area contributed by atoms with Crippen LogP contribution in [-0.4, -0.2) is 53.5 Å². The van der Waals surface area contributed by atoms with E-state index < -0.39 is 0 Å². The van der Waals surface area contributed by atoms with Gasteiger partial charge in [-0.05, 0) is 44.0 Å². The zero-order chi connectivity index (χ0) is 19.5. The summed E-state index contributed by atoms with van der Waals surface area (Å²) in [6.45, 7) is 3.82. The number of nitrogens with zero attached hydrogens (tertiary/aromatic N) is 3. The van der Waals surface area contributed by atoms with Crippen LogP contribution in [0.1, 0.15) is 35.3 Å². The van der Waals surface area contributed by atoms with Crippen molar-refractivity contribution in [1.82, 2.24) is 9.88 Å². The molecule has 1 atom stereocenters. The molecule has 2 aliphatic heterocycles. The summed E-state index contributed by atoms with van der Waals surface area (Å²) in [5.74, 6) is 0.0620. The summed E-state index contributed by atoms with van der Waals surface area (Å²) in [4.78, 5) is 33.3. The SMILES string of the molecule is Cc1ncccc1C(=O)N1CCC(OC2CCN(c3ccccc3)C2=O)CC1. The minimum absolute atomic E-state index is 0.0173. The molecule has 28 heavy (non-hydrogen) atoms. The minimum atomic E-state index is -0.381. The number of piperidine rings is 1. The molecule has 3 heterocycles. The van der Waals surface area contributed by atoms with Crippen molar-refractivity contribution in [3.05, 3.63) is 59.9 Å². The van der Waals surface area contributed by atoms with Gasteiger partial charge in [-0.1, -0.05) is 18.2 Å². The summed E-state index contributed by atoms with van der Waals surface area (Å²) in [6.07, 6.45) is 3.54. The maximum Gasteiger partial charge on any atom is 0.256 e. The lowest BCUT2D eigenvalue weighted by Gasteiger charge is -2.33. The molecule has 2 fully saturated rings. The molecule has 0 saturated carbocycles. The molecule has 0 N–H and O–H groups in total. The van der Waals surface area contributed by atoms with E-state index in [0.717, 1.165) is 24.2 Å². The van der Waals surface area contributed by atoms with Crippen LogP contribution in [0.25, 0.3) is 0 Å². The van der Waals surface area contributed by atoms with Gasteiger partial charge in [-0.15, -0.1) is 0 Å². The molecule has 2 aliphatic rings. The van der Waals surface area contributed by atoms with Gasteiger partial charge in [-0.25, -0.2) is 0 Å². The maximum absolute atomic E-state index is 12.7. The van der Waals surface area contributed by atoms with Gasteiger partial charge in [0.05, 0.1) is 11.7 Å². The van der Waals surface area contributed by atoms with Crippen LogP contribution in [0.3, 0.4) is 0 Å². The average molecular weight is 379 g/mol. The van der Waals surface area contributed by atoms with E-state index in [1.54, 1.807) is 17.2 Å². The second-order valence-corrected chi connectivity index (χ2v) is 7.37. The van der Waals surface area contributed by atoms with Gasteiger partial charge in [0.1, 0.15) is 6.10 Å². The van der Waals surface area contributed by atoms with E-state index in [2.05, 4.69) is 4.98 Å². The second kappa shape index (κ2) is 8.10. The number of amides is 2. The number of hydrogen-bond donors (Lipinski definition) is 0. The Bertz CT molecular complexity index is 847. The number of pyridine rings is 1. The topological polar surface area (TPSA) is 62.7 Å². The highest BCUT2D eigenvalue weighted by Crippen LogP contribution is 2.26. The van der Waals surface area contributed by atoms with Gasteiger partial charge in [0.15, 0.2) is 0 Å². The first-order valence-corrected chi connectivity index (χ1v) is 9.86. The van der Waals surface area contributed by atoms with Crippen LogP contribution in [0.2, 0.25) is 0 Å². The molecule has 146 valence electrons. The van der Waals surface area contributed by atoms with E-state index >= 15 is 0 Å². The van der Waals surface area contributed by atoms with E-state index in [-0.39, 0.29) is 24.0 Å². The number of benzene rings is 1. The van der Waals surface area contributed by atoms with Crippen molar-refractivity contribution in [2.45, 2.75) is 38.4 Å². The molecule has 2 amide bonds. The summed E-state index contributed by atoms with van der Waals surface area (Å²) in [5.41, 5.74) is 2.33. The quantitative estimate of drug-likeness (QED) is 0.820. The number of aryl methyl sites for hydroxylation is 1. The largest absolute Gasteiger partial charge is 0.365 e. The second-order valence-electron chi connectivity index (χ2n) is 7.37. The van der Waals surface area contributed by atoms with Gasteiger partial charge in [0, 0.05) is 43.6 Å². The van der Waals surface area contributed by atoms with E-state index in [9.17, 15) is 9.59 Å². The molecule has 6 heteroatoms. The Labute approximate surface area is 165 Å². The normalized spacial score (nSPS) is 20.6. The van der Waals surface area contributed by atoms with Crippen LogP contribution in [0.4, 0.5) is 5.69 Å². The Balaban J connectivity index is 1.31. The standard InChI is InChI=1S/C22H25N3O3/c1-16-19(8-5-12-23-16)21(26)24-13-9-18(10-14-24)28-20-11-15-25(22(20)27)17-6-3-2-4-7-17/h2-8,12,18,20H,9-11,13-15H2,1H3. The van der Waals surface area contributed by atoms with Crippen molar-refractivity contribution in [2.24, 2.45) is 0 Å². The van der Waals surface area contributed by atoms with Crippen molar-refractivity contribution in [1.29, 1.82) is 0 Å². The zero-order valence-corrected chi connectivity index (χ0v) is 16.1.